The van der Waals surface area contributed by atoms with E-state index in [4.69, 9.17) is 107 Å². The fourth-order valence-corrected chi connectivity index (χ4v) is 15.1. The molecule has 3 aromatic carbocycles. The zero-order chi connectivity index (χ0) is 78.6. The molecule has 4 N–H and O–H groups in total. The Bertz CT molecular complexity index is 5100. The lowest BCUT2D eigenvalue weighted by Crippen LogP contribution is -2.30. The van der Waals surface area contributed by atoms with Crippen molar-refractivity contribution in [1.82, 2.24) is 54.3 Å². The Morgan fingerprint density at radius 2 is 0.935 bits per heavy atom. The lowest BCUT2D eigenvalue weighted by molar-refractivity contribution is -0.112. The van der Waals surface area contributed by atoms with Gasteiger partial charge < -0.3 is 53.9 Å². The first-order valence-corrected chi connectivity index (χ1v) is 35.2. The molecule has 1 aliphatic rings. The van der Waals surface area contributed by atoms with Crippen LogP contribution in [0.2, 0.25) is 30.1 Å². The Hall–Kier alpha value is -10.2. The molecule has 0 fully saturated rings. The van der Waals surface area contributed by atoms with Crippen LogP contribution in [-0.2, 0) is 78.1 Å². The minimum absolute atomic E-state index is 0.0248. The lowest BCUT2D eigenvalue weighted by Gasteiger charge is -2.29. The summed E-state index contributed by atoms with van der Waals surface area (Å²) < 4.78 is 73.9. The first-order chi connectivity index (χ1) is 51.2. The number of thiazole rings is 1. The summed E-state index contributed by atoms with van der Waals surface area (Å²) in [7, 11) is 13.8. The van der Waals surface area contributed by atoms with Crippen molar-refractivity contribution in [3.63, 3.8) is 0 Å². The van der Waals surface area contributed by atoms with E-state index in [9.17, 15) is 19.5 Å². The Morgan fingerprint density at radius 1 is 0.556 bits per heavy atom. The number of carbonyl (C=O) groups is 3. The molecule has 1 unspecified atom stereocenters. The lowest BCUT2D eigenvalue weighted by atomic mass is 9.78. The summed E-state index contributed by atoms with van der Waals surface area (Å²) in [4.78, 5) is 62.3. The number of oxazole rings is 1. The van der Waals surface area contributed by atoms with Crippen LogP contribution in [0.4, 0.5) is 31.5 Å². The average Bonchev–Trinajstić information content (AvgIpc) is 1.45. The number of carbonyl (C=O) groups excluding carboxylic acids is 3. The molecule has 0 bridgehead atoms. The zero-order valence-electron chi connectivity index (χ0n) is 59.9. The highest BCUT2D eigenvalue weighted by Gasteiger charge is 2.46. The molecular formula is C73H69Cl6F2N15O11S. The zero-order valence-corrected chi connectivity index (χ0v) is 65.3. The second-order valence-electron chi connectivity index (χ2n) is 24.6. The van der Waals surface area contributed by atoms with Crippen molar-refractivity contribution in [3.8, 4) is 34.5 Å². The van der Waals surface area contributed by atoms with Crippen molar-refractivity contribution < 1.29 is 61.1 Å². The van der Waals surface area contributed by atoms with Gasteiger partial charge in [0.15, 0.2) is 5.58 Å². The highest BCUT2D eigenvalue weighted by molar-refractivity contribution is 7.18. The van der Waals surface area contributed by atoms with Gasteiger partial charge in [0.1, 0.15) is 50.6 Å². The molecule has 0 spiro atoms. The summed E-state index contributed by atoms with van der Waals surface area (Å²) >= 11 is 40.2. The number of halogens is 8. The number of benzene rings is 3. The number of methoxy groups -OCH3 is 6. The summed E-state index contributed by atoms with van der Waals surface area (Å²) in [5, 5.41) is 33.8. The van der Waals surface area contributed by atoms with E-state index in [1.165, 1.54) is 74.9 Å². The number of aliphatic hydroxyl groups is 1. The molecule has 0 radical (unpaired) electrons. The van der Waals surface area contributed by atoms with Gasteiger partial charge in [-0.25, -0.2) is 9.97 Å². The first-order valence-electron chi connectivity index (χ1n) is 32.1. The van der Waals surface area contributed by atoms with Crippen LogP contribution in [-0.4, -0.2) is 125 Å². The molecule has 108 heavy (non-hydrogen) atoms. The molecule has 0 aliphatic carbocycles. The molecule has 0 saturated heterocycles. The van der Waals surface area contributed by atoms with Crippen LogP contribution >= 0.6 is 80.9 Å². The predicted octanol–water partition coefficient (Wildman–Crippen LogP) is 15.3. The van der Waals surface area contributed by atoms with Crippen molar-refractivity contribution in [1.29, 1.82) is 0 Å². The van der Waals surface area contributed by atoms with Crippen LogP contribution in [0, 0.1) is 0 Å². The van der Waals surface area contributed by atoms with E-state index in [0.717, 1.165) is 33.4 Å². The van der Waals surface area contributed by atoms with E-state index >= 15 is 8.78 Å². The number of aliphatic imine (C=N–C) groups is 1. The van der Waals surface area contributed by atoms with E-state index < -0.39 is 44.3 Å². The summed E-state index contributed by atoms with van der Waals surface area (Å²) in [6, 6.07) is 9.78. The van der Waals surface area contributed by atoms with Gasteiger partial charge in [-0.1, -0.05) is 103 Å². The van der Waals surface area contributed by atoms with E-state index in [0.29, 0.717) is 114 Å². The van der Waals surface area contributed by atoms with Crippen LogP contribution in [0.5, 0.6) is 34.5 Å². The minimum atomic E-state index is -3.84. The molecular weight excluding hydrogens is 1550 g/mol. The number of hydrogen-bond donors (Lipinski definition) is 4. The van der Waals surface area contributed by atoms with Gasteiger partial charge in [-0.15, -0.1) is 11.3 Å². The van der Waals surface area contributed by atoms with Gasteiger partial charge in [0.25, 0.3) is 5.89 Å². The standard InChI is InChI=1S/C26H27Cl2N5O3.C24H23Cl2N5O4S.C23H19Cl2F2N5O4/c1-7-22(34)31-18-13-33(4)32-17(18)10-15-9-16-14(12-29-15)8-21(30-16)26(2,3)23-24(27)19(35-5)11-20(36-6)25(23)28;1-6-19(32)28-15-11-31(3)30-13(15)7-12-8-14-18(10-27-12)36-23(29-14)24(2,33)20-21(25)16(34-4)9-17(35-5)22(20)26;1-5-18(33)29-14-10-32(2)31-12(14)6-11-7-13-17(9-28-11)36-22(30-13)23(26,27)19-20(24)15(34-3)8-16(35-4)21(19)25/h7,9,11-13H,1,8,10H2,2-6H3,(H,31,34);6,8-11,33H,1,7H2,2-5H3,(H,28,32);5,7-10H,1,6H2,2-4H3,(H,29,33). The number of ether oxygens (including phenoxy) is 6. The SMILES string of the molecule is C=CC(=O)Nc1cn(C)nc1Cc1cc2c(cn1)CC(C(C)(C)c1c(Cl)c(OC)cc(OC)c1Cl)=N2.C=CC(=O)Nc1cn(C)nc1Cc1cc2nc(C(C)(O)c3c(Cl)c(OC)cc(OC)c3Cl)sc2cn1.C=CC(=O)Nc1cn(C)nc1Cc1cc2nc(C(F)(F)c3c(Cl)c(OC)cc(OC)c3Cl)oc2cn1. The number of fused-ring (bicyclic) bond motifs is 3. The largest absolute Gasteiger partial charge is 0.495 e. The molecule has 1 atom stereocenters. The summed E-state index contributed by atoms with van der Waals surface area (Å²) in [6.07, 6.45) is 15.0. The molecule has 3 amide bonds. The molecule has 8 aromatic heterocycles. The molecule has 35 heteroatoms. The second-order valence-corrected chi connectivity index (χ2v) is 27.9. The molecule has 11 aromatic rings. The number of alkyl halides is 2. The van der Waals surface area contributed by atoms with Crippen molar-refractivity contribution in [2.24, 2.45) is 26.1 Å². The third-order valence-electron chi connectivity index (χ3n) is 16.9. The Labute approximate surface area is 651 Å². The Balaban J connectivity index is 0.000000173. The average molecular weight is 1620 g/mol. The van der Waals surface area contributed by atoms with Gasteiger partial charge in [-0.2, -0.15) is 24.1 Å². The fraction of sp³-hybridized carbons (Fsp3) is 0.260. The third-order valence-corrected chi connectivity index (χ3v) is 20.4. The summed E-state index contributed by atoms with van der Waals surface area (Å²) in [6.45, 7) is 16.0. The van der Waals surface area contributed by atoms with Crippen molar-refractivity contribution in [2.45, 2.75) is 63.4 Å². The minimum Gasteiger partial charge on any atom is -0.495 e. The highest BCUT2D eigenvalue weighted by Crippen LogP contribution is 2.53. The van der Waals surface area contributed by atoms with Crippen LogP contribution in [0.15, 0.2) is 121 Å². The number of nitrogens with zero attached hydrogens (tertiary/aromatic N) is 12. The van der Waals surface area contributed by atoms with Crippen LogP contribution in [0.3, 0.4) is 0 Å². The number of nitrogens with one attached hydrogen (secondary N) is 3. The highest BCUT2D eigenvalue weighted by atomic mass is 35.5. The Kier molecular flexibility index (Phi) is 24.6. The fourth-order valence-electron chi connectivity index (χ4n) is 11.5. The monoisotopic (exact) mass is 1610 g/mol. The maximum atomic E-state index is 15.6. The number of rotatable bonds is 24. The van der Waals surface area contributed by atoms with Gasteiger partial charge in [0.05, 0.1) is 135 Å². The number of pyridine rings is 3. The molecule has 564 valence electrons. The maximum Gasteiger partial charge on any atom is 0.350 e. The molecule has 12 rings (SSSR count). The smallest absolute Gasteiger partial charge is 0.350 e. The number of amides is 3. The van der Waals surface area contributed by atoms with Gasteiger partial charge in [-0.3, -0.25) is 48.4 Å². The molecule has 26 nitrogen and oxygen atoms in total. The summed E-state index contributed by atoms with van der Waals surface area (Å²) in [5.74, 6) is -4.31. The number of hydrogen-bond acceptors (Lipinski definition) is 21. The van der Waals surface area contributed by atoms with E-state index in [1.54, 1.807) is 88.6 Å². The van der Waals surface area contributed by atoms with Crippen molar-refractivity contribution in [3.05, 3.63) is 209 Å². The molecule has 9 heterocycles. The van der Waals surface area contributed by atoms with E-state index in [-0.39, 0.29) is 56.4 Å². The van der Waals surface area contributed by atoms with Gasteiger partial charge in [0, 0.05) is 141 Å². The number of anilines is 3. The van der Waals surface area contributed by atoms with Crippen molar-refractivity contribution in [2.75, 3.05) is 58.6 Å². The normalized spacial score (nSPS) is 12.4. The second kappa shape index (κ2) is 33.1. The predicted molar refractivity (Wildman–Crippen MR) is 412 cm³/mol. The van der Waals surface area contributed by atoms with Crippen LogP contribution < -0.4 is 44.4 Å². The van der Waals surface area contributed by atoms with Gasteiger partial charge >= 0.3 is 5.92 Å². The Morgan fingerprint density at radius 3 is 1.35 bits per heavy atom. The van der Waals surface area contributed by atoms with E-state index in [2.05, 4.69) is 75.9 Å². The molecule has 1 aliphatic heterocycles. The van der Waals surface area contributed by atoms with Gasteiger partial charge in [-0.05, 0) is 43.4 Å². The number of aromatic nitrogens is 11. The number of aryl methyl sites for hydroxylation is 3. The quantitative estimate of drug-likeness (QED) is 0.0409. The first kappa shape index (κ1) is 80.3. The summed E-state index contributed by atoms with van der Waals surface area (Å²) in [5.41, 5.74) is 6.84. The van der Waals surface area contributed by atoms with Crippen LogP contribution in [0.25, 0.3) is 21.3 Å². The topological polar surface area (TPSA) is 306 Å². The third kappa shape index (κ3) is 16.7. The maximum absolute atomic E-state index is 15.6. The van der Waals surface area contributed by atoms with E-state index in [1.807, 2.05) is 32.2 Å². The van der Waals surface area contributed by atoms with Crippen LogP contribution in [0.1, 0.15) is 88.1 Å². The van der Waals surface area contributed by atoms with Crippen molar-refractivity contribution >= 4 is 148 Å². The molecule has 0 saturated carbocycles. The van der Waals surface area contributed by atoms with Gasteiger partial charge in [0.2, 0.25) is 17.7 Å².